The van der Waals surface area contributed by atoms with E-state index in [0.29, 0.717) is 0 Å². The second-order valence-corrected chi connectivity index (χ2v) is 6.30. The van der Waals surface area contributed by atoms with Crippen molar-refractivity contribution in [2.24, 2.45) is 10.1 Å². The SMILES string of the molecule is CN=c1scc(-c2ccccc2Br)n1/N=C\c1ccc(C)o1. The Morgan fingerprint density at radius 3 is 2.73 bits per heavy atom. The van der Waals surface area contributed by atoms with Crippen LogP contribution in [-0.2, 0) is 0 Å². The maximum atomic E-state index is 5.53. The Morgan fingerprint density at radius 1 is 1.23 bits per heavy atom. The maximum Gasteiger partial charge on any atom is 0.205 e. The van der Waals surface area contributed by atoms with Crippen LogP contribution in [0.5, 0.6) is 0 Å². The lowest BCUT2D eigenvalue weighted by Gasteiger charge is -2.05. The number of hydrogen-bond acceptors (Lipinski definition) is 4. The highest BCUT2D eigenvalue weighted by Crippen LogP contribution is 2.28. The van der Waals surface area contributed by atoms with Crippen LogP contribution in [0.2, 0.25) is 0 Å². The van der Waals surface area contributed by atoms with Crippen LogP contribution >= 0.6 is 27.3 Å². The van der Waals surface area contributed by atoms with Crippen molar-refractivity contribution in [3.8, 4) is 11.3 Å². The minimum atomic E-state index is 0.719. The molecule has 0 atom stereocenters. The number of halogens is 1. The van der Waals surface area contributed by atoms with E-state index in [-0.39, 0.29) is 0 Å². The Kier molecular flexibility index (Phi) is 4.40. The topological polar surface area (TPSA) is 42.8 Å². The molecule has 6 heteroatoms. The third-order valence-corrected chi connectivity index (χ3v) is 4.69. The zero-order valence-electron chi connectivity index (χ0n) is 12.2. The first kappa shape index (κ1) is 15.0. The molecular weight excluding hydrogens is 362 g/mol. The van der Waals surface area contributed by atoms with E-state index < -0.39 is 0 Å². The molecule has 3 rings (SSSR count). The monoisotopic (exact) mass is 375 g/mol. The van der Waals surface area contributed by atoms with Gasteiger partial charge in [-0.15, -0.1) is 11.3 Å². The average Bonchev–Trinajstić information content (AvgIpc) is 3.11. The normalized spacial score (nSPS) is 12.4. The second-order valence-electron chi connectivity index (χ2n) is 4.61. The van der Waals surface area contributed by atoms with Gasteiger partial charge < -0.3 is 4.42 Å². The van der Waals surface area contributed by atoms with Crippen LogP contribution < -0.4 is 4.80 Å². The van der Waals surface area contributed by atoms with Gasteiger partial charge in [-0.2, -0.15) is 5.10 Å². The molecule has 1 aromatic carbocycles. The summed E-state index contributed by atoms with van der Waals surface area (Å²) in [6.45, 7) is 1.91. The van der Waals surface area contributed by atoms with E-state index >= 15 is 0 Å². The summed E-state index contributed by atoms with van der Waals surface area (Å²) in [6, 6.07) is 11.9. The van der Waals surface area contributed by atoms with Gasteiger partial charge in [0.2, 0.25) is 4.80 Å². The van der Waals surface area contributed by atoms with Gasteiger partial charge in [0.15, 0.2) is 0 Å². The first-order valence-corrected chi connectivity index (χ1v) is 8.35. The molecule has 112 valence electrons. The highest BCUT2D eigenvalue weighted by atomic mass is 79.9. The third kappa shape index (κ3) is 2.98. The Bertz CT molecular complexity index is 889. The fourth-order valence-electron chi connectivity index (χ4n) is 2.05. The van der Waals surface area contributed by atoms with Crippen molar-refractivity contribution >= 4 is 33.5 Å². The van der Waals surface area contributed by atoms with Gasteiger partial charge >= 0.3 is 0 Å². The summed E-state index contributed by atoms with van der Waals surface area (Å²) < 4.78 is 8.37. The van der Waals surface area contributed by atoms with Gasteiger partial charge in [-0.05, 0) is 25.1 Å². The summed E-state index contributed by atoms with van der Waals surface area (Å²) in [5.74, 6) is 1.58. The van der Waals surface area contributed by atoms with E-state index in [0.717, 1.165) is 32.1 Å². The minimum absolute atomic E-state index is 0.719. The molecule has 0 bridgehead atoms. The molecule has 3 aromatic rings. The van der Waals surface area contributed by atoms with Crippen LogP contribution in [0, 0.1) is 6.92 Å². The van der Waals surface area contributed by atoms with Crippen molar-refractivity contribution in [1.29, 1.82) is 0 Å². The molecule has 0 spiro atoms. The number of aryl methyl sites for hydroxylation is 1. The van der Waals surface area contributed by atoms with E-state index in [1.165, 1.54) is 0 Å². The average molecular weight is 376 g/mol. The summed E-state index contributed by atoms with van der Waals surface area (Å²) in [7, 11) is 1.76. The Hall–Kier alpha value is -1.92. The van der Waals surface area contributed by atoms with Gasteiger partial charge in [-0.3, -0.25) is 4.99 Å². The summed E-state index contributed by atoms with van der Waals surface area (Å²) in [5, 5.41) is 6.58. The van der Waals surface area contributed by atoms with Gasteiger partial charge in [0.25, 0.3) is 0 Å². The number of furan rings is 1. The minimum Gasteiger partial charge on any atom is -0.460 e. The lowest BCUT2D eigenvalue weighted by atomic mass is 10.2. The van der Waals surface area contributed by atoms with E-state index in [1.54, 1.807) is 24.6 Å². The Labute approximate surface area is 140 Å². The summed E-state index contributed by atoms with van der Waals surface area (Å²) in [6.07, 6.45) is 1.70. The molecule has 0 N–H and O–H groups in total. The summed E-state index contributed by atoms with van der Waals surface area (Å²) in [5.41, 5.74) is 2.05. The van der Waals surface area contributed by atoms with Crippen LogP contribution in [0.3, 0.4) is 0 Å². The Morgan fingerprint density at radius 2 is 2.05 bits per heavy atom. The summed E-state index contributed by atoms with van der Waals surface area (Å²) >= 11 is 5.14. The molecule has 0 amide bonds. The van der Waals surface area contributed by atoms with Crippen LogP contribution in [0.4, 0.5) is 0 Å². The van der Waals surface area contributed by atoms with Gasteiger partial charge in [-0.1, -0.05) is 34.1 Å². The first-order chi connectivity index (χ1) is 10.7. The molecule has 0 aliphatic heterocycles. The molecule has 2 aromatic heterocycles. The molecule has 0 saturated carbocycles. The van der Waals surface area contributed by atoms with Crippen molar-refractivity contribution in [3.05, 3.63) is 62.6 Å². The Balaban J connectivity index is 2.09. The number of hydrogen-bond donors (Lipinski definition) is 0. The number of aromatic nitrogens is 1. The van der Waals surface area contributed by atoms with Gasteiger partial charge in [0, 0.05) is 22.5 Å². The molecule has 22 heavy (non-hydrogen) atoms. The van der Waals surface area contributed by atoms with E-state index in [9.17, 15) is 0 Å². The number of nitrogens with zero attached hydrogens (tertiary/aromatic N) is 3. The third-order valence-electron chi connectivity index (χ3n) is 3.09. The van der Waals surface area contributed by atoms with Gasteiger partial charge in [0.05, 0.1) is 11.9 Å². The fraction of sp³-hybridized carbons (Fsp3) is 0.125. The van der Waals surface area contributed by atoms with Gasteiger partial charge in [0.1, 0.15) is 11.5 Å². The molecule has 0 fully saturated rings. The number of benzene rings is 1. The van der Waals surface area contributed by atoms with Crippen molar-refractivity contribution in [2.45, 2.75) is 6.92 Å². The number of thiazole rings is 1. The highest BCUT2D eigenvalue weighted by molar-refractivity contribution is 9.10. The molecule has 0 aliphatic carbocycles. The highest BCUT2D eigenvalue weighted by Gasteiger charge is 2.09. The predicted molar refractivity (Wildman–Crippen MR) is 93.4 cm³/mol. The molecule has 2 heterocycles. The zero-order chi connectivity index (χ0) is 15.5. The quantitative estimate of drug-likeness (QED) is 0.629. The fourth-order valence-corrected chi connectivity index (χ4v) is 3.34. The first-order valence-electron chi connectivity index (χ1n) is 6.68. The predicted octanol–water partition coefficient (Wildman–Crippen LogP) is 4.29. The maximum absolute atomic E-state index is 5.53. The van der Waals surface area contributed by atoms with Crippen molar-refractivity contribution in [3.63, 3.8) is 0 Å². The molecule has 0 unspecified atom stereocenters. The van der Waals surface area contributed by atoms with Crippen LogP contribution in [-0.4, -0.2) is 17.9 Å². The van der Waals surface area contributed by atoms with E-state index in [4.69, 9.17) is 4.42 Å². The molecule has 0 saturated heterocycles. The molecule has 4 nitrogen and oxygen atoms in total. The van der Waals surface area contributed by atoms with E-state index in [2.05, 4.69) is 32.1 Å². The smallest absolute Gasteiger partial charge is 0.205 e. The lowest BCUT2D eigenvalue weighted by Crippen LogP contribution is -2.11. The lowest BCUT2D eigenvalue weighted by molar-refractivity contribution is 0.527. The standard InChI is InChI=1S/C16H14BrN3OS/c1-11-7-8-12(21-11)9-19-20-15(10-22-16(20)18-2)13-5-3-4-6-14(13)17/h3-10H,1-2H3/b18-16?,19-9-. The van der Waals surface area contributed by atoms with Crippen molar-refractivity contribution in [2.75, 3.05) is 7.05 Å². The molecular formula is C16H14BrN3OS. The van der Waals surface area contributed by atoms with Crippen LogP contribution in [0.25, 0.3) is 11.3 Å². The van der Waals surface area contributed by atoms with E-state index in [1.807, 2.05) is 47.3 Å². The van der Waals surface area contributed by atoms with Gasteiger partial charge in [-0.25, -0.2) is 4.68 Å². The largest absolute Gasteiger partial charge is 0.460 e. The van der Waals surface area contributed by atoms with Crippen LogP contribution in [0.1, 0.15) is 11.5 Å². The van der Waals surface area contributed by atoms with Crippen molar-refractivity contribution in [1.82, 2.24) is 4.68 Å². The van der Waals surface area contributed by atoms with Crippen molar-refractivity contribution < 1.29 is 4.42 Å². The number of rotatable bonds is 3. The zero-order valence-corrected chi connectivity index (χ0v) is 14.6. The molecule has 0 radical (unpaired) electrons. The van der Waals surface area contributed by atoms with Crippen LogP contribution in [0.15, 0.2) is 60.8 Å². The second kappa shape index (κ2) is 6.46. The molecule has 0 aliphatic rings. The summed E-state index contributed by atoms with van der Waals surface area (Å²) in [4.78, 5) is 5.11.